The summed E-state index contributed by atoms with van der Waals surface area (Å²) in [5.41, 5.74) is 0.810. The largest absolute Gasteiger partial charge is 0.490 e. The Kier molecular flexibility index (Phi) is 7.85. The van der Waals surface area contributed by atoms with Crippen molar-refractivity contribution in [2.75, 3.05) is 6.61 Å². The maximum absolute atomic E-state index is 12.3. The number of unbranched alkanes of at least 4 members (excludes halogenated alkanes) is 1. The van der Waals surface area contributed by atoms with Crippen LogP contribution in [0.2, 0.25) is 0 Å². The Bertz CT molecular complexity index is 784. The molecule has 144 valence electrons. The third-order valence-electron chi connectivity index (χ3n) is 3.56. The highest BCUT2D eigenvalue weighted by Gasteiger charge is 2.13. The Labute approximate surface area is 167 Å². The van der Waals surface area contributed by atoms with E-state index in [4.69, 9.17) is 14.2 Å². The predicted molar refractivity (Wildman–Crippen MR) is 106 cm³/mol. The summed E-state index contributed by atoms with van der Waals surface area (Å²) in [5.74, 6) is 0.132. The van der Waals surface area contributed by atoms with Crippen molar-refractivity contribution in [2.24, 2.45) is 0 Å². The quantitative estimate of drug-likeness (QED) is 0.315. The lowest BCUT2D eigenvalue weighted by molar-refractivity contribution is 0.0499. The van der Waals surface area contributed by atoms with Crippen LogP contribution in [0.1, 0.15) is 54.3 Å². The van der Waals surface area contributed by atoms with E-state index in [1.807, 2.05) is 20.8 Å². The molecule has 2 aromatic rings. The van der Waals surface area contributed by atoms with Gasteiger partial charge in [0.25, 0.3) is 0 Å². The van der Waals surface area contributed by atoms with Crippen LogP contribution in [0.15, 0.2) is 46.9 Å². The SMILES string of the molecule is CCCCOC(=O)c1ccc(OC(=O)c2ccc(OC(C)C)c(Br)c2)cc1. The number of rotatable bonds is 8. The fourth-order valence-corrected chi connectivity index (χ4v) is 2.67. The molecule has 0 amide bonds. The zero-order chi connectivity index (χ0) is 19.8. The number of carbonyl (C=O) groups excluding carboxylic acids is 2. The van der Waals surface area contributed by atoms with Crippen molar-refractivity contribution in [3.63, 3.8) is 0 Å². The molecule has 0 saturated heterocycles. The van der Waals surface area contributed by atoms with Crippen LogP contribution in [0, 0.1) is 0 Å². The molecule has 0 bridgehead atoms. The molecule has 0 aliphatic heterocycles. The summed E-state index contributed by atoms with van der Waals surface area (Å²) in [5, 5.41) is 0. The highest BCUT2D eigenvalue weighted by Crippen LogP contribution is 2.27. The maximum atomic E-state index is 12.3. The number of carbonyl (C=O) groups is 2. The molecule has 0 unspecified atom stereocenters. The molecule has 0 aliphatic carbocycles. The zero-order valence-corrected chi connectivity index (χ0v) is 17.2. The minimum Gasteiger partial charge on any atom is -0.490 e. The summed E-state index contributed by atoms with van der Waals surface area (Å²) in [4.78, 5) is 24.2. The van der Waals surface area contributed by atoms with Crippen molar-refractivity contribution < 1.29 is 23.8 Å². The van der Waals surface area contributed by atoms with Crippen molar-refractivity contribution in [2.45, 2.75) is 39.7 Å². The maximum Gasteiger partial charge on any atom is 0.343 e. The summed E-state index contributed by atoms with van der Waals surface area (Å²) in [6.07, 6.45) is 1.83. The number of halogens is 1. The highest BCUT2D eigenvalue weighted by atomic mass is 79.9. The van der Waals surface area contributed by atoms with Gasteiger partial charge >= 0.3 is 11.9 Å². The first kappa shape index (κ1) is 21.0. The average molecular weight is 435 g/mol. The van der Waals surface area contributed by atoms with Gasteiger partial charge in [-0.05, 0) is 78.7 Å². The van der Waals surface area contributed by atoms with Gasteiger partial charge in [-0.1, -0.05) is 13.3 Å². The van der Waals surface area contributed by atoms with Crippen LogP contribution in [0.3, 0.4) is 0 Å². The second-order valence-electron chi connectivity index (χ2n) is 6.22. The predicted octanol–water partition coefficient (Wildman–Crippen LogP) is 5.41. The minimum atomic E-state index is -0.495. The second kappa shape index (κ2) is 10.1. The third-order valence-corrected chi connectivity index (χ3v) is 4.18. The van der Waals surface area contributed by atoms with Gasteiger partial charge in [-0.3, -0.25) is 0 Å². The third kappa shape index (κ3) is 6.40. The summed E-state index contributed by atoms with van der Waals surface area (Å²) in [7, 11) is 0. The molecule has 0 heterocycles. The van der Waals surface area contributed by atoms with Crippen molar-refractivity contribution in [3.8, 4) is 11.5 Å². The summed E-state index contributed by atoms with van der Waals surface area (Å²) in [6.45, 7) is 6.29. The van der Waals surface area contributed by atoms with Crippen LogP contribution in [0.25, 0.3) is 0 Å². The number of hydrogen-bond acceptors (Lipinski definition) is 5. The van der Waals surface area contributed by atoms with Gasteiger partial charge in [0.2, 0.25) is 0 Å². The molecule has 0 radical (unpaired) electrons. The molecule has 27 heavy (non-hydrogen) atoms. The van der Waals surface area contributed by atoms with E-state index in [0.29, 0.717) is 33.7 Å². The first-order valence-electron chi connectivity index (χ1n) is 8.86. The molecule has 0 saturated carbocycles. The smallest absolute Gasteiger partial charge is 0.343 e. The van der Waals surface area contributed by atoms with E-state index < -0.39 is 5.97 Å². The van der Waals surface area contributed by atoms with Crippen molar-refractivity contribution in [3.05, 3.63) is 58.1 Å². The molecule has 0 aromatic heterocycles. The molecule has 2 rings (SSSR count). The Morgan fingerprint density at radius 1 is 1.00 bits per heavy atom. The average Bonchev–Trinajstić information content (AvgIpc) is 2.63. The lowest BCUT2D eigenvalue weighted by Crippen LogP contribution is -2.10. The van der Waals surface area contributed by atoms with Crippen molar-refractivity contribution >= 4 is 27.9 Å². The van der Waals surface area contributed by atoms with E-state index >= 15 is 0 Å². The Balaban J connectivity index is 1.99. The first-order chi connectivity index (χ1) is 12.9. The van der Waals surface area contributed by atoms with Crippen LogP contribution in [0.5, 0.6) is 11.5 Å². The number of esters is 2. The first-order valence-corrected chi connectivity index (χ1v) is 9.65. The Morgan fingerprint density at radius 2 is 1.67 bits per heavy atom. The number of benzene rings is 2. The number of hydrogen-bond donors (Lipinski definition) is 0. The summed E-state index contributed by atoms with van der Waals surface area (Å²) < 4.78 is 16.8. The van der Waals surface area contributed by atoms with E-state index in [9.17, 15) is 9.59 Å². The van der Waals surface area contributed by atoms with Gasteiger partial charge < -0.3 is 14.2 Å². The molecule has 0 aliphatic rings. The van der Waals surface area contributed by atoms with E-state index in [1.165, 1.54) is 0 Å². The van der Waals surface area contributed by atoms with Crippen molar-refractivity contribution in [1.82, 2.24) is 0 Å². The van der Waals surface area contributed by atoms with Crippen LogP contribution in [-0.2, 0) is 4.74 Å². The van der Waals surface area contributed by atoms with E-state index in [0.717, 1.165) is 12.8 Å². The van der Waals surface area contributed by atoms with Gasteiger partial charge in [-0.15, -0.1) is 0 Å². The summed E-state index contributed by atoms with van der Waals surface area (Å²) >= 11 is 3.40. The van der Waals surface area contributed by atoms with Crippen molar-refractivity contribution in [1.29, 1.82) is 0 Å². The molecule has 0 atom stereocenters. The van der Waals surface area contributed by atoms with Crippen LogP contribution < -0.4 is 9.47 Å². The molecule has 5 nitrogen and oxygen atoms in total. The molecule has 0 fully saturated rings. The van der Waals surface area contributed by atoms with Gasteiger partial charge in [-0.25, -0.2) is 9.59 Å². The molecule has 0 N–H and O–H groups in total. The van der Waals surface area contributed by atoms with Gasteiger partial charge in [0.15, 0.2) is 0 Å². The Hall–Kier alpha value is -2.34. The molecular formula is C21H23BrO5. The van der Waals surface area contributed by atoms with E-state index in [1.54, 1.807) is 42.5 Å². The second-order valence-corrected chi connectivity index (χ2v) is 7.07. The standard InChI is InChI=1S/C21H23BrO5/c1-4-5-12-25-20(23)15-6-9-17(10-7-15)27-21(24)16-8-11-19(18(22)13-16)26-14(2)3/h6-11,13-14H,4-5,12H2,1-3H3. The van der Waals surface area contributed by atoms with E-state index in [-0.39, 0.29) is 12.1 Å². The fourth-order valence-electron chi connectivity index (χ4n) is 2.19. The molecule has 6 heteroatoms. The fraction of sp³-hybridized carbons (Fsp3) is 0.333. The number of ether oxygens (including phenoxy) is 3. The normalized spacial score (nSPS) is 10.6. The molecule has 2 aromatic carbocycles. The lowest BCUT2D eigenvalue weighted by Gasteiger charge is -2.12. The molecular weight excluding hydrogens is 412 g/mol. The minimum absolute atomic E-state index is 0.0336. The summed E-state index contributed by atoms with van der Waals surface area (Å²) in [6, 6.07) is 11.3. The van der Waals surface area contributed by atoms with E-state index in [2.05, 4.69) is 15.9 Å². The van der Waals surface area contributed by atoms with Gasteiger partial charge in [0, 0.05) is 0 Å². The van der Waals surface area contributed by atoms with Gasteiger partial charge in [0.05, 0.1) is 28.3 Å². The molecule has 0 spiro atoms. The lowest BCUT2D eigenvalue weighted by atomic mass is 10.2. The van der Waals surface area contributed by atoms with Crippen LogP contribution in [0.4, 0.5) is 0 Å². The zero-order valence-electron chi connectivity index (χ0n) is 15.7. The highest BCUT2D eigenvalue weighted by molar-refractivity contribution is 9.10. The van der Waals surface area contributed by atoms with Gasteiger partial charge in [0.1, 0.15) is 11.5 Å². The monoisotopic (exact) mass is 434 g/mol. The Morgan fingerprint density at radius 3 is 2.26 bits per heavy atom. The van der Waals surface area contributed by atoms with Crippen LogP contribution in [-0.4, -0.2) is 24.6 Å². The van der Waals surface area contributed by atoms with Crippen LogP contribution >= 0.6 is 15.9 Å². The van der Waals surface area contributed by atoms with Gasteiger partial charge in [-0.2, -0.15) is 0 Å². The topological polar surface area (TPSA) is 61.8 Å².